The Bertz CT molecular complexity index is 1150. The zero-order valence-corrected chi connectivity index (χ0v) is 15.1. The van der Waals surface area contributed by atoms with Crippen molar-refractivity contribution in [3.63, 3.8) is 0 Å². The molecule has 5 N–H and O–H groups in total. The van der Waals surface area contributed by atoms with Gasteiger partial charge in [-0.15, -0.1) is 0 Å². The predicted molar refractivity (Wildman–Crippen MR) is 99.6 cm³/mol. The Kier molecular flexibility index (Phi) is 4.53. The van der Waals surface area contributed by atoms with Crippen molar-refractivity contribution < 1.29 is 13.2 Å². The summed E-state index contributed by atoms with van der Waals surface area (Å²) in [5.41, 5.74) is 7.57. The summed E-state index contributed by atoms with van der Waals surface area (Å²) >= 11 is 0. The van der Waals surface area contributed by atoms with Crippen molar-refractivity contribution in [3.8, 4) is 11.4 Å². The average Bonchev–Trinajstić information content (AvgIpc) is 3.34. The van der Waals surface area contributed by atoms with Crippen LogP contribution in [0.3, 0.4) is 0 Å². The zero-order chi connectivity index (χ0) is 20.6. The van der Waals surface area contributed by atoms with Gasteiger partial charge in [0, 0.05) is 10.9 Å². The molecule has 29 heavy (non-hydrogen) atoms. The van der Waals surface area contributed by atoms with Gasteiger partial charge in [-0.05, 0) is 12.5 Å². The van der Waals surface area contributed by atoms with Gasteiger partial charge in [-0.1, -0.05) is 19.1 Å². The molecule has 1 unspecified atom stereocenters. The Morgan fingerprint density at radius 2 is 2.00 bits per heavy atom. The van der Waals surface area contributed by atoms with E-state index < -0.39 is 18.0 Å². The smallest absolute Gasteiger partial charge is 0.368 e. The molecule has 4 rings (SSSR count). The normalized spacial score (nSPS) is 13.0. The molecule has 12 heteroatoms. The first-order valence-corrected chi connectivity index (χ1v) is 8.67. The Morgan fingerprint density at radius 1 is 1.17 bits per heavy atom. The predicted octanol–water partition coefficient (Wildman–Crippen LogP) is 3.30. The second-order valence-corrected chi connectivity index (χ2v) is 6.30. The van der Waals surface area contributed by atoms with Crippen LogP contribution in [0.2, 0.25) is 0 Å². The molecular weight excluding hydrogens is 387 g/mol. The van der Waals surface area contributed by atoms with Crippen LogP contribution in [0.25, 0.3) is 22.3 Å². The number of rotatable bonds is 5. The summed E-state index contributed by atoms with van der Waals surface area (Å²) in [6, 6.07) is 4.98. The Balaban J connectivity index is 1.63. The van der Waals surface area contributed by atoms with Gasteiger partial charge in [-0.3, -0.25) is 5.10 Å². The first-order valence-electron chi connectivity index (χ1n) is 8.67. The highest BCUT2D eigenvalue weighted by Gasteiger charge is 2.35. The van der Waals surface area contributed by atoms with Crippen LogP contribution in [0.5, 0.6) is 0 Å². The van der Waals surface area contributed by atoms with E-state index in [0.717, 1.165) is 17.1 Å². The zero-order valence-electron chi connectivity index (χ0n) is 15.1. The van der Waals surface area contributed by atoms with E-state index in [-0.39, 0.29) is 17.6 Å². The number of nitrogens with two attached hydrogens (primary N) is 1. The number of hydrogen-bond acceptors (Lipinski definition) is 7. The van der Waals surface area contributed by atoms with Crippen molar-refractivity contribution in [2.75, 3.05) is 11.1 Å². The molecule has 0 radical (unpaired) electrons. The van der Waals surface area contributed by atoms with Crippen LogP contribution in [0.4, 0.5) is 25.1 Å². The Morgan fingerprint density at radius 3 is 2.72 bits per heavy atom. The summed E-state index contributed by atoms with van der Waals surface area (Å²) in [5.74, 6) is -0.603. The van der Waals surface area contributed by atoms with Gasteiger partial charge >= 0.3 is 6.18 Å². The number of nitrogen functional groups attached to an aromatic ring is 1. The van der Waals surface area contributed by atoms with Crippen molar-refractivity contribution >= 4 is 22.8 Å². The lowest BCUT2D eigenvalue weighted by molar-refractivity contribution is -0.144. The third-order valence-corrected chi connectivity index (χ3v) is 4.30. The van der Waals surface area contributed by atoms with Gasteiger partial charge in [-0.2, -0.15) is 33.2 Å². The highest BCUT2D eigenvalue weighted by molar-refractivity contribution is 5.82. The fourth-order valence-electron chi connectivity index (χ4n) is 2.87. The van der Waals surface area contributed by atoms with Crippen LogP contribution < -0.4 is 11.1 Å². The number of halogens is 3. The van der Waals surface area contributed by atoms with Crippen molar-refractivity contribution in [1.82, 2.24) is 35.1 Å². The minimum absolute atomic E-state index is 0.0161. The standard InChI is InChI=1S/C17H16F3N9/c1-2-10(12-7-22-14(24-12)17(18,19)20)25-16-27-13(26-15(21)28-16)8-3-4-9-6-23-29-11(9)5-8/h3-7,10H,2H2,1H3,(H,22,24)(H,23,29)(H3,21,25,26,27,28). The van der Waals surface area contributed by atoms with Crippen LogP contribution in [-0.2, 0) is 6.18 Å². The van der Waals surface area contributed by atoms with Crippen LogP contribution in [0.15, 0.2) is 30.6 Å². The molecule has 9 nitrogen and oxygen atoms in total. The lowest BCUT2D eigenvalue weighted by Crippen LogP contribution is -2.15. The van der Waals surface area contributed by atoms with E-state index in [1.165, 1.54) is 0 Å². The molecule has 1 atom stereocenters. The van der Waals surface area contributed by atoms with E-state index in [0.29, 0.717) is 17.8 Å². The van der Waals surface area contributed by atoms with Crippen molar-refractivity contribution in [2.45, 2.75) is 25.6 Å². The maximum atomic E-state index is 12.8. The van der Waals surface area contributed by atoms with E-state index in [9.17, 15) is 13.2 Å². The van der Waals surface area contributed by atoms with Gasteiger partial charge in [0.2, 0.25) is 17.7 Å². The maximum absolute atomic E-state index is 12.8. The molecule has 0 aliphatic rings. The van der Waals surface area contributed by atoms with Gasteiger partial charge in [0.1, 0.15) is 0 Å². The maximum Gasteiger partial charge on any atom is 0.449 e. The number of aromatic nitrogens is 7. The summed E-state index contributed by atoms with van der Waals surface area (Å²) in [6.07, 6.45) is -1.26. The number of fused-ring (bicyclic) bond motifs is 1. The van der Waals surface area contributed by atoms with Crippen LogP contribution >= 0.6 is 0 Å². The molecule has 0 saturated heterocycles. The molecule has 0 amide bonds. The molecular formula is C17H16F3N9. The molecule has 0 fully saturated rings. The molecule has 3 heterocycles. The van der Waals surface area contributed by atoms with Crippen LogP contribution in [0.1, 0.15) is 30.9 Å². The molecule has 3 aromatic heterocycles. The molecule has 0 saturated carbocycles. The lowest BCUT2D eigenvalue weighted by atomic mass is 10.1. The number of alkyl halides is 3. The molecule has 0 bridgehead atoms. The molecule has 0 aliphatic heterocycles. The minimum atomic E-state index is -4.55. The average molecular weight is 403 g/mol. The molecule has 0 spiro atoms. The van der Waals surface area contributed by atoms with Gasteiger partial charge in [0.15, 0.2) is 5.82 Å². The molecule has 1 aromatic carbocycles. The Hall–Kier alpha value is -3.70. The highest BCUT2D eigenvalue weighted by Crippen LogP contribution is 2.29. The summed E-state index contributed by atoms with van der Waals surface area (Å²) < 4.78 is 38.4. The number of nitrogens with one attached hydrogen (secondary N) is 3. The van der Waals surface area contributed by atoms with E-state index in [1.54, 1.807) is 6.20 Å². The number of imidazole rings is 1. The van der Waals surface area contributed by atoms with E-state index in [1.807, 2.05) is 25.1 Å². The third-order valence-electron chi connectivity index (χ3n) is 4.30. The van der Waals surface area contributed by atoms with Gasteiger partial charge in [0.25, 0.3) is 0 Å². The van der Waals surface area contributed by atoms with Gasteiger partial charge in [0.05, 0.1) is 29.6 Å². The van der Waals surface area contributed by atoms with Crippen LogP contribution in [0, 0.1) is 0 Å². The molecule has 4 aromatic rings. The fourth-order valence-corrected chi connectivity index (χ4v) is 2.87. The summed E-state index contributed by atoms with van der Waals surface area (Å²) in [4.78, 5) is 18.2. The second kappa shape index (κ2) is 7.04. The Labute approximate surface area is 162 Å². The van der Waals surface area contributed by atoms with Gasteiger partial charge < -0.3 is 16.0 Å². The first-order chi connectivity index (χ1) is 13.8. The summed E-state index contributed by atoms with van der Waals surface area (Å²) in [7, 11) is 0. The monoisotopic (exact) mass is 403 g/mol. The SMILES string of the molecule is CCC(Nc1nc(N)nc(-c2ccc3cn[nH]c3c2)n1)c1cnc(C(F)(F)F)[nH]1. The summed E-state index contributed by atoms with van der Waals surface area (Å²) in [6.45, 7) is 1.81. The number of anilines is 2. The van der Waals surface area contributed by atoms with E-state index >= 15 is 0 Å². The number of nitrogens with zero attached hydrogens (tertiary/aromatic N) is 5. The molecule has 150 valence electrons. The van der Waals surface area contributed by atoms with Crippen molar-refractivity contribution in [1.29, 1.82) is 0 Å². The highest BCUT2D eigenvalue weighted by atomic mass is 19.4. The number of benzene rings is 1. The third kappa shape index (κ3) is 3.81. The van der Waals surface area contributed by atoms with Crippen molar-refractivity contribution in [3.05, 3.63) is 42.1 Å². The number of hydrogen-bond donors (Lipinski definition) is 4. The quantitative estimate of drug-likeness (QED) is 0.402. The van der Waals surface area contributed by atoms with E-state index in [4.69, 9.17) is 5.73 Å². The minimum Gasteiger partial charge on any atom is -0.368 e. The molecule has 0 aliphatic carbocycles. The lowest BCUT2D eigenvalue weighted by Gasteiger charge is -2.16. The fraction of sp³-hybridized carbons (Fsp3) is 0.235. The largest absolute Gasteiger partial charge is 0.449 e. The van der Waals surface area contributed by atoms with Crippen LogP contribution in [-0.4, -0.2) is 35.1 Å². The topological polar surface area (TPSA) is 134 Å². The van der Waals surface area contributed by atoms with E-state index in [2.05, 4.69) is 40.4 Å². The number of aromatic amines is 2. The second-order valence-electron chi connectivity index (χ2n) is 6.30. The van der Waals surface area contributed by atoms with Gasteiger partial charge in [-0.25, -0.2) is 4.98 Å². The first kappa shape index (κ1) is 18.7. The van der Waals surface area contributed by atoms with Crippen molar-refractivity contribution in [2.24, 2.45) is 0 Å². The summed E-state index contributed by atoms with van der Waals surface area (Å²) in [5, 5.41) is 10.8. The number of H-pyrrole nitrogens is 2.